The van der Waals surface area contributed by atoms with Crippen molar-refractivity contribution in [3.63, 3.8) is 0 Å². The molecule has 13 heteroatoms. The number of fused-ring (bicyclic) bond motifs is 1. The fourth-order valence-electron chi connectivity index (χ4n) is 4.97. The molecule has 43 heavy (non-hydrogen) atoms. The minimum Gasteiger partial charge on any atom is -0.486 e. The van der Waals surface area contributed by atoms with Crippen LogP contribution in [0.4, 0.5) is 29.3 Å². The number of para-hydroxylation sites is 1. The zero-order valence-electron chi connectivity index (χ0n) is 24.7. The molecule has 0 unspecified atom stereocenters. The number of rotatable bonds is 8. The number of amides is 3. The summed E-state index contributed by atoms with van der Waals surface area (Å²) in [5.74, 6) is 0.0391. The van der Waals surface area contributed by atoms with Crippen molar-refractivity contribution in [3.05, 3.63) is 70.6 Å². The molecule has 3 atom stereocenters. The Morgan fingerprint density at radius 1 is 1.19 bits per heavy atom. The van der Waals surface area contributed by atoms with E-state index in [1.807, 2.05) is 18.9 Å². The molecule has 0 saturated heterocycles. The third-order valence-corrected chi connectivity index (χ3v) is 7.44. The van der Waals surface area contributed by atoms with Crippen molar-refractivity contribution in [2.75, 3.05) is 37.4 Å². The topological polar surface area (TPSA) is 120 Å². The van der Waals surface area contributed by atoms with E-state index >= 15 is 0 Å². The first-order chi connectivity index (χ1) is 20.3. The van der Waals surface area contributed by atoms with Gasteiger partial charge in [-0.3, -0.25) is 9.69 Å². The van der Waals surface area contributed by atoms with E-state index in [1.54, 1.807) is 43.9 Å². The average molecular weight is 604 g/mol. The number of aliphatic hydroxyl groups is 1. The summed E-state index contributed by atoms with van der Waals surface area (Å²) in [5, 5.41) is 19.2. The number of aryl methyl sites for hydroxylation is 2. The van der Waals surface area contributed by atoms with E-state index in [2.05, 4.69) is 15.8 Å². The third-order valence-electron chi connectivity index (χ3n) is 7.44. The summed E-state index contributed by atoms with van der Waals surface area (Å²) in [6.07, 6.45) is -4.90. The van der Waals surface area contributed by atoms with Crippen molar-refractivity contribution in [1.82, 2.24) is 15.0 Å². The van der Waals surface area contributed by atoms with Crippen molar-refractivity contribution >= 4 is 23.3 Å². The Morgan fingerprint density at radius 2 is 1.88 bits per heavy atom. The van der Waals surface area contributed by atoms with E-state index in [4.69, 9.17) is 9.26 Å². The van der Waals surface area contributed by atoms with Gasteiger partial charge in [-0.05, 0) is 57.6 Å². The van der Waals surface area contributed by atoms with Crippen LogP contribution in [0.5, 0.6) is 5.75 Å². The van der Waals surface area contributed by atoms with Gasteiger partial charge in [-0.15, -0.1) is 0 Å². The smallest absolute Gasteiger partial charge is 0.416 e. The highest BCUT2D eigenvalue weighted by Gasteiger charge is 2.35. The zero-order valence-corrected chi connectivity index (χ0v) is 24.7. The molecule has 0 aliphatic carbocycles. The lowest BCUT2D eigenvalue weighted by atomic mass is 9.98. The van der Waals surface area contributed by atoms with Crippen LogP contribution in [0.2, 0.25) is 0 Å². The van der Waals surface area contributed by atoms with Crippen LogP contribution in [0.1, 0.15) is 46.8 Å². The Morgan fingerprint density at radius 3 is 2.49 bits per heavy atom. The number of ether oxygens (including phenoxy) is 1. The highest BCUT2D eigenvalue weighted by molar-refractivity contribution is 6.04. The number of aliphatic hydroxyl groups excluding tert-OH is 1. The van der Waals surface area contributed by atoms with Crippen LogP contribution in [0, 0.1) is 19.8 Å². The summed E-state index contributed by atoms with van der Waals surface area (Å²) in [5.41, 5.74) is 1.38. The number of anilines is 2. The van der Waals surface area contributed by atoms with Crippen LogP contribution in [0.15, 0.2) is 47.0 Å². The number of carbonyl (C=O) groups excluding carboxylic acids is 2. The highest BCUT2D eigenvalue weighted by atomic mass is 19.4. The van der Waals surface area contributed by atoms with E-state index in [0.29, 0.717) is 42.3 Å². The van der Waals surface area contributed by atoms with Crippen LogP contribution in [0.3, 0.4) is 0 Å². The minimum absolute atomic E-state index is 0.177. The van der Waals surface area contributed by atoms with Crippen LogP contribution < -0.4 is 15.4 Å². The quantitative estimate of drug-likeness (QED) is 0.319. The highest BCUT2D eigenvalue weighted by Crippen LogP contribution is 2.35. The van der Waals surface area contributed by atoms with Crippen molar-refractivity contribution in [2.24, 2.45) is 5.92 Å². The van der Waals surface area contributed by atoms with Gasteiger partial charge in [0.15, 0.2) is 11.5 Å². The Hall–Kier alpha value is -4.10. The van der Waals surface area contributed by atoms with Gasteiger partial charge in [0.2, 0.25) is 0 Å². The summed E-state index contributed by atoms with van der Waals surface area (Å²) in [4.78, 5) is 30.2. The van der Waals surface area contributed by atoms with E-state index in [1.165, 1.54) is 12.1 Å². The molecular formula is C30H36F3N5O5. The van der Waals surface area contributed by atoms with Crippen LogP contribution in [-0.2, 0) is 12.7 Å². The second kappa shape index (κ2) is 13.0. The fourth-order valence-corrected chi connectivity index (χ4v) is 4.97. The minimum atomic E-state index is -4.41. The number of hydrogen-bond donors (Lipinski definition) is 3. The lowest BCUT2D eigenvalue weighted by Gasteiger charge is -2.38. The van der Waals surface area contributed by atoms with Crippen molar-refractivity contribution < 1.29 is 37.1 Å². The number of halogens is 3. The molecule has 2 heterocycles. The van der Waals surface area contributed by atoms with E-state index in [0.717, 1.165) is 12.1 Å². The Balaban J connectivity index is 1.61. The molecule has 1 aromatic heterocycles. The second-order valence-corrected chi connectivity index (χ2v) is 11.0. The first-order valence-electron chi connectivity index (χ1n) is 13.9. The number of likely N-dealkylation sites (N-methyl/N-ethyl adjacent to an activating group) is 1. The number of alkyl halides is 3. The van der Waals surface area contributed by atoms with Gasteiger partial charge in [0.25, 0.3) is 5.91 Å². The zero-order chi connectivity index (χ0) is 31.5. The molecule has 0 fully saturated rings. The molecule has 0 spiro atoms. The number of nitrogens with one attached hydrogen (secondary N) is 2. The van der Waals surface area contributed by atoms with Gasteiger partial charge >= 0.3 is 12.2 Å². The normalized spacial score (nSPS) is 18.0. The molecule has 1 aliphatic heterocycles. The number of hydrogen-bond acceptors (Lipinski definition) is 7. The van der Waals surface area contributed by atoms with Gasteiger partial charge in [0.05, 0.1) is 29.5 Å². The van der Waals surface area contributed by atoms with E-state index in [9.17, 15) is 27.9 Å². The van der Waals surface area contributed by atoms with Crippen LogP contribution in [-0.4, -0.2) is 70.9 Å². The molecule has 232 valence electrons. The lowest BCUT2D eigenvalue weighted by Crippen LogP contribution is -2.49. The maximum absolute atomic E-state index is 13.7. The standard InChI is InChI=1S/C30H36F3N5O5/c1-17-13-38(18(2)16-39)28(40)23-7-6-8-24(34-29(41)35-26-19(3)36-43-20(26)4)27(23)42-25(17)15-37(5)14-21-9-11-22(12-10-21)30(31,32)33/h6-12,17-18,25,39H,13-16H2,1-5H3,(H2,34,35,41)/t17-,18+,25-/m0/s1. The molecule has 0 radical (unpaired) electrons. The summed E-state index contributed by atoms with van der Waals surface area (Å²) in [6.45, 7) is 7.79. The number of benzene rings is 2. The predicted molar refractivity (Wildman–Crippen MR) is 154 cm³/mol. The predicted octanol–water partition coefficient (Wildman–Crippen LogP) is 5.31. The van der Waals surface area contributed by atoms with Crippen molar-refractivity contribution in [2.45, 2.75) is 52.6 Å². The maximum Gasteiger partial charge on any atom is 0.416 e. The molecule has 10 nitrogen and oxygen atoms in total. The van der Waals surface area contributed by atoms with Gasteiger partial charge < -0.3 is 29.9 Å². The number of carbonyl (C=O) groups is 2. The first kappa shape index (κ1) is 31.8. The van der Waals surface area contributed by atoms with Gasteiger partial charge in [0.1, 0.15) is 17.5 Å². The van der Waals surface area contributed by atoms with Gasteiger partial charge in [-0.25, -0.2) is 4.79 Å². The molecule has 3 aromatic rings. The Kier molecular flexibility index (Phi) is 9.65. The molecular weight excluding hydrogens is 567 g/mol. The number of urea groups is 1. The fraction of sp³-hybridized carbons (Fsp3) is 0.433. The van der Waals surface area contributed by atoms with E-state index < -0.39 is 29.9 Å². The van der Waals surface area contributed by atoms with Crippen molar-refractivity contribution in [3.8, 4) is 5.75 Å². The molecule has 1 aliphatic rings. The van der Waals surface area contributed by atoms with Gasteiger partial charge in [-0.2, -0.15) is 13.2 Å². The molecule has 3 N–H and O–H groups in total. The summed E-state index contributed by atoms with van der Waals surface area (Å²) in [7, 11) is 1.83. The van der Waals surface area contributed by atoms with Gasteiger partial charge in [0, 0.05) is 25.6 Å². The van der Waals surface area contributed by atoms with Crippen LogP contribution >= 0.6 is 0 Å². The molecule has 0 bridgehead atoms. The first-order valence-corrected chi connectivity index (χ1v) is 13.9. The van der Waals surface area contributed by atoms with E-state index in [-0.39, 0.29) is 35.4 Å². The molecule has 2 aromatic carbocycles. The van der Waals surface area contributed by atoms with Gasteiger partial charge in [-0.1, -0.05) is 30.3 Å². The molecule has 3 amide bonds. The van der Waals surface area contributed by atoms with Crippen molar-refractivity contribution in [1.29, 1.82) is 0 Å². The second-order valence-electron chi connectivity index (χ2n) is 11.0. The summed E-state index contributed by atoms with van der Waals surface area (Å²) < 4.78 is 50.6. The average Bonchev–Trinajstić information content (AvgIpc) is 3.26. The summed E-state index contributed by atoms with van der Waals surface area (Å²) in [6, 6.07) is 8.78. The number of nitrogens with zero attached hydrogens (tertiary/aromatic N) is 3. The monoisotopic (exact) mass is 603 g/mol. The Labute approximate surface area is 247 Å². The maximum atomic E-state index is 13.7. The largest absolute Gasteiger partial charge is 0.486 e. The lowest BCUT2D eigenvalue weighted by molar-refractivity contribution is -0.137. The summed E-state index contributed by atoms with van der Waals surface area (Å²) >= 11 is 0. The SMILES string of the molecule is Cc1noc(C)c1NC(=O)Nc1cccc2c1O[C@@H](CN(C)Cc1ccc(C(F)(F)F)cc1)[C@@H](C)CN([C@H](C)CO)C2=O. The molecule has 4 rings (SSSR count). The Bertz CT molecular complexity index is 1420. The number of aromatic nitrogens is 1. The van der Waals surface area contributed by atoms with Crippen LogP contribution in [0.25, 0.3) is 0 Å². The molecule has 0 saturated carbocycles. The third kappa shape index (κ3) is 7.46.